The Balaban J connectivity index is 2.02. The van der Waals surface area contributed by atoms with Crippen LogP contribution in [-0.2, 0) is 30.4 Å². The van der Waals surface area contributed by atoms with Crippen LogP contribution in [0.5, 0.6) is 0 Å². The Morgan fingerprint density at radius 2 is 1.42 bits per heavy atom. The van der Waals surface area contributed by atoms with E-state index >= 15 is 0 Å². The highest BCUT2D eigenvalue weighted by Gasteiger charge is 2.27. The topological polar surface area (TPSA) is 265 Å². The minimum absolute atomic E-state index is 0.0371. The maximum absolute atomic E-state index is 13.2. The normalized spacial score (nSPS) is 13.3. The molecule has 53 heavy (non-hydrogen) atoms. The second kappa shape index (κ2) is 20.5. The van der Waals surface area contributed by atoms with Crippen LogP contribution in [-0.4, -0.2) is 68.9 Å². The Kier molecular flexibility index (Phi) is 16.6. The molecule has 0 aliphatic heterocycles. The summed E-state index contributed by atoms with van der Waals surface area (Å²) in [6, 6.07) is 8.34. The number of aliphatic carboxylic acids is 2. The number of carbonyl (C=O) groups is 5. The number of nitrogens with zero attached hydrogens (tertiary/aromatic N) is 3. The number of guanidine groups is 1. The van der Waals surface area contributed by atoms with Gasteiger partial charge in [0.2, 0.25) is 23.7 Å². The summed E-state index contributed by atoms with van der Waals surface area (Å²) in [4.78, 5) is 76.6. The maximum atomic E-state index is 13.2. The van der Waals surface area contributed by atoms with Crippen molar-refractivity contribution in [3.63, 3.8) is 0 Å². The van der Waals surface area contributed by atoms with Gasteiger partial charge in [0.05, 0.1) is 17.0 Å². The summed E-state index contributed by atoms with van der Waals surface area (Å²) >= 11 is 0. The number of benzene rings is 2. The number of nitro benzene ring substituents is 1. The van der Waals surface area contributed by atoms with Crippen molar-refractivity contribution >= 4 is 52.7 Å². The van der Waals surface area contributed by atoms with E-state index in [1.54, 1.807) is 30.5 Å². The number of nitrogens with one attached hydrogen (secondary N) is 5. The fourth-order valence-electron chi connectivity index (χ4n) is 4.80. The lowest BCUT2D eigenvalue weighted by Gasteiger charge is -2.22. The molecule has 3 atom stereocenters. The molecular formula is C36H46N8O9. The van der Waals surface area contributed by atoms with Crippen molar-refractivity contribution in [1.29, 1.82) is 5.26 Å². The molecule has 0 bridgehead atoms. The average Bonchev–Trinajstić information content (AvgIpc) is 3.05. The van der Waals surface area contributed by atoms with Gasteiger partial charge in [-0.15, -0.1) is 0 Å². The van der Waals surface area contributed by atoms with Crippen LogP contribution < -0.4 is 26.6 Å². The lowest BCUT2D eigenvalue weighted by Crippen LogP contribution is -2.52. The standard InChI is InChI=1S/C36H46N8O9/c1-22(2)18-29(32(47)43-28(34(50)51)9-7-6-8-27(33(48)49)41-31(46)20-36(3,4)5)42-30(45)19-23-10-12-24(13-11-23)39-35(38-21-37)40-25-14-16-26(17-15-25)44(52)53/h6-7,10-17,22,27-29H,8-9,18-20H2,1-5H3,(H,41,46)(H,42,45)(H,43,47)(H,48,49)(H,50,51)(H2,38,39,40). The van der Waals surface area contributed by atoms with Gasteiger partial charge in [-0.05, 0) is 60.4 Å². The highest BCUT2D eigenvalue weighted by molar-refractivity contribution is 5.96. The van der Waals surface area contributed by atoms with Crippen molar-refractivity contribution in [2.75, 3.05) is 5.32 Å². The number of amides is 3. The van der Waals surface area contributed by atoms with Crippen LogP contribution in [0.4, 0.5) is 17.1 Å². The molecular weight excluding hydrogens is 688 g/mol. The van der Waals surface area contributed by atoms with Crippen molar-refractivity contribution in [3.05, 3.63) is 76.4 Å². The van der Waals surface area contributed by atoms with Gasteiger partial charge in [-0.1, -0.05) is 58.9 Å². The molecule has 3 unspecified atom stereocenters. The fraction of sp³-hybridized carbons (Fsp3) is 0.417. The molecule has 17 nitrogen and oxygen atoms in total. The van der Waals surface area contributed by atoms with E-state index in [-0.39, 0.29) is 55.1 Å². The first-order chi connectivity index (χ1) is 24.9. The van der Waals surface area contributed by atoms with Gasteiger partial charge < -0.3 is 31.5 Å². The number of carboxylic acids is 2. The molecule has 0 radical (unpaired) electrons. The van der Waals surface area contributed by atoms with Crippen molar-refractivity contribution in [1.82, 2.24) is 21.3 Å². The monoisotopic (exact) mass is 734 g/mol. The van der Waals surface area contributed by atoms with Gasteiger partial charge in [-0.3, -0.25) is 29.8 Å². The average molecular weight is 735 g/mol. The maximum Gasteiger partial charge on any atom is 0.326 e. The Morgan fingerprint density at radius 1 is 0.868 bits per heavy atom. The number of aliphatic imine (C=N–C) groups is 1. The lowest BCUT2D eigenvalue weighted by atomic mass is 9.92. The molecule has 0 heterocycles. The fourth-order valence-corrected chi connectivity index (χ4v) is 4.80. The number of carbonyl (C=O) groups excluding carboxylic acids is 3. The summed E-state index contributed by atoms with van der Waals surface area (Å²) in [5, 5.41) is 52.2. The molecule has 284 valence electrons. The molecule has 7 N–H and O–H groups in total. The summed E-state index contributed by atoms with van der Waals surface area (Å²) < 4.78 is 0. The Labute approximate surface area is 307 Å². The molecule has 0 fully saturated rings. The van der Waals surface area contributed by atoms with E-state index in [2.05, 4.69) is 31.6 Å². The number of anilines is 1. The number of carboxylic acid groups (broad SMARTS) is 2. The number of nitro groups is 1. The minimum Gasteiger partial charge on any atom is -0.480 e. The predicted octanol–water partition coefficient (Wildman–Crippen LogP) is 3.75. The highest BCUT2D eigenvalue weighted by atomic mass is 16.6. The van der Waals surface area contributed by atoms with E-state index in [0.717, 1.165) is 0 Å². The molecule has 0 saturated heterocycles. The van der Waals surface area contributed by atoms with E-state index in [1.807, 2.05) is 34.6 Å². The molecule has 2 aromatic rings. The zero-order valence-corrected chi connectivity index (χ0v) is 30.2. The summed E-state index contributed by atoms with van der Waals surface area (Å²) in [5.74, 6) is -4.17. The first-order valence-corrected chi connectivity index (χ1v) is 16.7. The van der Waals surface area contributed by atoms with E-state index in [0.29, 0.717) is 16.9 Å². The van der Waals surface area contributed by atoms with Gasteiger partial charge in [0.15, 0.2) is 6.19 Å². The zero-order valence-electron chi connectivity index (χ0n) is 30.2. The summed E-state index contributed by atoms with van der Waals surface area (Å²) in [7, 11) is 0. The second-order valence-corrected chi connectivity index (χ2v) is 13.8. The van der Waals surface area contributed by atoms with Crippen molar-refractivity contribution < 1.29 is 39.1 Å². The molecule has 0 saturated carbocycles. The third-order valence-electron chi connectivity index (χ3n) is 7.26. The number of rotatable bonds is 18. The van der Waals surface area contributed by atoms with Crippen LogP contribution in [0.15, 0.2) is 65.7 Å². The third-order valence-corrected chi connectivity index (χ3v) is 7.26. The SMILES string of the molecule is CC(C)CC(NC(=O)Cc1ccc(NC(=Nc2ccc([N+](=O)[O-])cc2)NC#N)cc1)C(=O)NC(CC=CCC(NC(=O)CC(C)(C)C)C(=O)O)C(=O)O. The summed E-state index contributed by atoms with van der Waals surface area (Å²) in [6.07, 6.45) is 4.58. The number of nitriles is 1. The Bertz CT molecular complexity index is 1710. The molecule has 3 amide bonds. The highest BCUT2D eigenvalue weighted by Crippen LogP contribution is 2.20. The molecule has 0 aliphatic carbocycles. The van der Waals surface area contributed by atoms with Crippen LogP contribution in [0, 0.1) is 32.9 Å². The number of non-ortho nitro benzene ring substituents is 1. The smallest absolute Gasteiger partial charge is 0.326 e. The molecule has 2 rings (SSSR count). The van der Waals surface area contributed by atoms with Crippen LogP contribution in [0.25, 0.3) is 0 Å². The zero-order chi connectivity index (χ0) is 39.7. The van der Waals surface area contributed by atoms with Crippen molar-refractivity contribution in [3.8, 4) is 6.19 Å². The Morgan fingerprint density at radius 3 is 1.91 bits per heavy atom. The molecule has 17 heteroatoms. The Hall–Kier alpha value is -6.31. The van der Waals surface area contributed by atoms with Gasteiger partial charge in [0.1, 0.15) is 18.1 Å². The lowest BCUT2D eigenvalue weighted by molar-refractivity contribution is -0.384. The van der Waals surface area contributed by atoms with Crippen LogP contribution in [0.2, 0.25) is 0 Å². The van der Waals surface area contributed by atoms with Crippen molar-refractivity contribution in [2.24, 2.45) is 16.3 Å². The van der Waals surface area contributed by atoms with Gasteiger partial charge in [0, 0.05) is 24.2 Å². The van der Waals surface area contributed by atoms with Gasteiger partial charge in [-0.2, -0.15) is 5.26 Å². The van der Waals surface area contributed by atoms with E-state index in [9.17, 15) is 44.3 Å². The minimum atomic E-state index is -1.37. The van der Waals surface area contributed by atoms with Crippen molar-refractivity contribution in [2.45, 2.75) is 84.8 Å². The molecule has 0 aromatic heterocycles. The first-order valence-electron chi connectivity index (χ1n) is 16.7. The summed E-state index contributed by atoms with van der Waals surface area (Å²) in [5.41, 5.74) is 0.991. The molecule has 2 aromatic carbocycles. The van der Waals surface area contributed by atoms with Gasteiger partial charge in [-0.25, -0.2) is 14.6 Å². The largest absolute Gasteiger partial charge is 0.480 e. The number of hydrogen-bond acceptors (Lipinski definition) is 9. The summed E-state index contributed by atoms with van der Waals surface area (Å²) in [6.45, 7) is 9.22. The third kappa shape index (κ3) is 16.5. The quantitative estimate of drug-likeness (QED) is 0.0220. The molecule has 0 aliphatic rings. The van der Waals surface area contributed by atoms with Gasteiger partial charge in [0.25, 0.3) is 5.69 Å². The first kappa shape index (κ1) is 42.9. The van der Waals surface area contributed by atoms with E-state index in [1.165, 1.54) is 36.4 Å². The van der Waals surface area contributed by atoms with Gasteiger partial charge >= 0.3 is 11.9 Å². The van der Waals surface area contributed by atoms with Crippen LogP contribution in [0.3, 0.4) is 0 Å². The molecule has 0 spiro atoms. The van der Waals surface area contributed by atoms with E-state index in [4.69, 9.17) is 5.26 Å². The second-order valence-electron chi connectivity index (χ2n) is 13.8. The number of hydrogen-bond donors (Lipinski definition) is 7. The van der Waals surface area contributed by atoms with Crippen LogP contribution >= 0.6 is 0 Å². The van der Waals surface area contributed by atoms with E-state index < -0.39 is 52.7 Å². The van der Waals surface area contributed by atoms with Crippen LogP contribution in [0.1, 0.15) is 65.9 Å². The predicted molar refractivity (Wildman–Crippen MR) is 196 cm³/mol.